The highest BCUT2D eigenvalue weighted by molar-refractivity contribution is 5.84. The number of amides is 1. The summed E-state index contributed by atoms with van der Waals surface area (Å²) in [6, 6.07) is 0. The van der Waals surface area contributed by atoms with Gasteiger partial charge in [0.05, 0.1) is 24.0 Å². The third kappa shape index (κ3) is 3.54. The molecule has 4 rings (SSSR count). The minimum absolute atomic E-state index is 0.126. The van der Waals surface area contributed by atoms with Crippen LogP contribution in [0.1, 0.15) is 44.2 Å². The quantitative estimate of drug-likeness (QED) is 0.748. The van der Waals surface area contributed by atoms with Crippen molar-refractivity contribution < 1.29 is 9.53 Å². The second-order valence-electron chi connectivity index (χ2n) is 8.46. The molecule has 6 heteroatoms. The van der Waals surface area contributed by atoms with E-state index in [9.17, 15) is 4.79 Å². The first-order chi connectivity index (χ1) is 12.7. The number of carbonyl (C=O) groups excluding carboxylic acids is 1. The number of hydrogen-bond donors (Lipinski definition) is 0. The van der Waals surface area contributed by atoms with Crippen LogP contribution in [0.2, 0.25) is 0 Å². The molecule has 1 aromatic rings. The number of ether oxygens (including phenoxy) is 1. The van der Waals surface area contributed by atoms with E-state index in [1.54, 1.807) is 7.11 Å². The van der Waals surface area contributed by atoms with E-state index in [2.05, 4.69) is 19.4 Å². The molecule has 1 atom stereocenters. The molecular weight excluding hydrogens is 328 g/mol. The third-order valence-corrected chi connectivity index (χ3v) is 6.68. The van der Waals surface area contributed by atoms with Gasteiger partial charge in [-0.1, -0.05) is 6.42 Å². The van der Waals surface area contributed by atoms with Crippen LogP contribution in [0.4, 0.5) is 0 Å². The van der Waals surface area contributed by atoms with E-state index in [0.29, 0.717) is 12.5 Å². The number of aromatic nitrogens is 2. The van der Waals surface area contributed by atoms with Gasteiger partial charge >= 0.3 is 0 Å². The predicted molar refractivity (Wildman–Crippen MR) is 99.6 cm³/mol. The van der Waals surface area contributed by atoms with E-state index in [0.717, 1.165) is 64.4 Å². The molecule has 3 heterocycles. The van der Waals surface area contributed by atoms with Gasteiger partial charge in [0.25, 0.3) is 0 Å². The molecule has 0 bridgehead atoms. The number of hydrogen-bond acceptors (Lipinski definition) is 4. The Bertz CT molecular complexity index is 627. The Morgan fingerprint density at radius 1 is 1.27 bits per heavy atom. The van der Waals surface area contributed by atoms with Crippen molar-refractivity contribution in [2.75, 3.05) is 39.9 Å². The monoisotopic (exact) mass is 360 g/mol. The summed E-state index contributed by atoms with van der Waals surface area (Å²) in [6.07, 6.45) is 11.0. The molecule has 0 radical (unpaired) electrons. The van der Waals surface area contributed by atoms with Gasteiger partial charge in [0.1, 0.15) is 0 Å². The van der Waals surface area contributed by atoms with Gasteiger partial charge < -0.3 is 14.2 Å². The largest absolute Gasteiger partial charge is 0.383 e. The fourth-order valence-corrected chi connectivity index (χ4v) is 4.89. The van der Waals surface area contributed by atoms with Crippen LogP contribution in [0, 0.1) is 11.3 Å². The fraction of sp³-hybridized carbons (Fsp3) is 0.800. The van der Waals surface area contributed by atoms with E-state index < -0.39 is 0 Å². The highest BCUT2D eigenvalue weighted by Gasteiger charge is 2.48. The van der Waals surface area contributed by atoms with Gasteiger partial charge in [-0.15, -0.1) is 0 Å². The van der Waals surface area contributed by atoms with Gasteiger partial charge in [-0.05, 0) is 44.6 Å². The van der Waals surface area contributed by atoms with E-state index in [1.807, 2.05) is 12.5 Å². The lowest BCUT2D eigenvalue weighted by atomic mass is 9.77. The van der Waals surface area contributed by atoms with Crippen LogP contribution in [-0.4, -0.2) is 65.2 Å². The lowest BCUT2D eigenvalue weighted by Gasteiger charge is -2.42. The maximum absolute atomic E-state index is 13.2. The summed E-state index contributed by atoms with van der Waals surface area (Å²) in [5, 5.41) is 0. The van der Waals surface area contributed by atoms with Crippen LogP contribution >= 0.6 is 0 Å². The number of methoxy groups -OCH3 is 1. The fourth-order valence-electron chi connectivity index (χ4n) is 4.89. The summed E-state index contributed by atoms with van der Waals surface area (Å²) in [4.78, 5) is 22.2. The number of nitrogens with zero attached hydrogens (tertiary/aromatic N) is 4. The number of piperidine rings is 1. The molecule has 6 nitrogen and oxygen atoms in total. The minimum Gasteiger partial charge on any atom is -0.383 e. The molecule has 1 aliphatic carbocycles. The SMILES string of the molecule is COCCn1cncc1CN1CCC2(CCCN(CC3CCC3)C2=O)C1. The highest BCUT2D eigenvalue weighted by Crippen LogP contribution is 2.41. The van der Waals surface area contributed by atoms with Crippen LogP contribution in [0.3, 0.4) is 0 Å². The second kappa shape index (κ2) is 7.69. The first-order valence-corrected chi connectivity index (χ1v) is 10.2. The molecule has 0 aromatic carbocycles. The van der Waals surface area contributed by atoms with Crippen molar-refractivity contribution >= 4 is 5.91 Å². The van der Waals surface area contributed by atoms with E-state index in [-0.39, 0.29) is 5.41 Å². The molecule has 2 aliphatic heterocycles. The molecule has 3 fully saturated rings. The van der Waals surface area contributed by atoms with Gasteiger partial charge in [0.2, 0.25) is 5.91 Å². The van der Waals surface area contributed by atoms with Crippen molar-refractivity contribution in [2.24, 2.45) is 11.3 Å². The van der Waals surface area contributed by atoms with Crippen LogP contribution < -0.4 is 0 Å². The maximum atomic E-state index is 13.2. The van der Waals surface area contributed by atoms with Gasteiger partial charge in [-0.2, -0.15) is 0 Å². The van der Waals surface area contributed by atoms with Gasteiger partial charge in [0.15, 0.2) is 0 Å². The summed E-state index contributed by atoms with van der Waals surface area (Å²) in [5.74, 6) is 1.20. The first kappa shape index (κ1) is 18.0. The number of likely N-dealkylation sites (tertiary alicyclic amines) is 2. The Morgan fingerprint density at radius 3 is 2.92 bits per heavy atom. The average molecular weight is 361 g/mol. The molecule has 26 heavy (non-hydrogen) atoms. The molecule has 3 aliphatic rings. The van der Waals surface area contributed by atoms with Crippen molar-refractivity contribution in [1.29, 1.82) is 0 Å². The summed E-state index contributed by atoms with van der Waals surface area (Å²) in [7, 11) is 1.73. The van der Waals surface area contributed by atoms with Crippen molar-refractivity contribution in [3.05, 3.63) is 18.2 Å². The molecule has 0 N–H and O–H groups in total. The van der Waals surface area contributed by atoms with Crippen molar-refractivity contribution in [3.8, 4) is 0 Å². The molecule has 1 spiro atoms. The van der Waals surface area contributed by atoms with Gasteiger partial charge in [-0.25, -0.2) is 4.98 Å². The molecule has 1 aromatic heterocycles. The first-order valence-electron chi connectivity index (χ1n) is 10.2. The normalized spacial score (nSPS) is 27.4. The summed E-state index contributed by atoms with van der Waals surface area (Å²) < 4.78 is 7.36. The van der Waals surface area contributed by atoms with E-state index in [1.165, 1.54) is 25.0 Å². The lowest BCUT2D eigenvalue weighted by molar-refractivity contribution is -0.146. The Morgan fingerprint density at radius 2 is 2.15 bits per heavy atom. The molecule has 1 amide bonds. The van der Waals surface area contributed by atoms with Gasteiger partial charge in [0, 0.05) is 46.0 Å². The molecule has 144 valence electrons. The third-order valence-electron chi connectivity index (χ3n) is 6.68. The van der Waals surface area contributed by atoms with Crippen LogP contribution in [-0.2, 0) is 22.6 Å². The van der Waals surface area contributed by atoms with Crippen molar-refractivity contribution in [1.82, 2.24) is 19.4 Å². The summed E-state index contributed by atoms with van der Waals surface area (Å²) in [6.45, 7) is 6.30. The molecule has 1 saturated carbocycles. The zero-order chi connectivity index (χ0) is 18.0. The van der Waals surface area contributed by atoms with Crippen molar-refractivity contribution in [3.63, 3.8) is 0 Å². The minimum atomic E-state index is -0.126. The summed E-state index contributed by atoms with van der Waals surface area (Å²) in [5.41, 5.74) is 1.09. The number of imidazole rings is 1. The van der Waals surface area contributed by atoms with E-state index >= 15 is 0 Å². The smallest absolute Gasteiger partial charge is 0.230 e. The Hall–Kier alpha value is -1.40. The van der Waals surface area contributed by atoms with Crippen molar-refractivity contribution in [2.45, 2.75) is 51.6 Å². The Labute approximate surface area is 156 Å². The Balaban J connectivity index is 1.37. The van der Waals surface area contributed by atoms with Crippen LogP contribution in [0.15, 0.2) is 12.5 Å². The molecule has 1 unspecified atom stereocenters. The molecular formula is C20H32N4O2. The van der Waals surface area contributed by atoms with E-state index in [4.69, 9.17) is 4.74 Å². The zero-order valence-electron chi connectivity index (χ0n) is 16.0. The standard InChI is InChI=1S/C20H32N4O2/c1-26-11-10-24-16-21-12-18(24)14-22-9-7-20(15-22)6-3-8-23(19(20)25)13-17-4-2-5-17/h12,16-17H,2-11,13-15H2,1H3. The highest BCUT2D eigenvalue weighted by atomic mass is 16.5. The van der Waals surface area contributed by atoms with Gasteiger partial charge in [-0.3, -0.25) is 9.69 Å². The molecule has 2 saturated heterocycles. The number of carbonyl (C=O) groups is 1. The van der Waals surface area contributed by atoms with Crippen LogP contribution in [0.25, 0.3) is 0 Å². The van der Waals surface area contributed by atoms with Crippen LogP contribution in [0.5, 0.6) is 0 Å². The average Bonchev–Trinajstić information content (AvgIpc) is 3.21. The zero-order valence-corrected chi connectivity index (χ0v) is 16.0. The lowest BCUT2D eigenvalue weighted by Crippen LogP contribution is -2.51. The second-order valence-corrected chi connectivity index (χ2v) is 8.46. The predicted octanol–water partition coefficient (Wildman–Crippen LogP) is 2.14. The maximum Gasteiger partial charge on any atom is 0.230 e. The summed E-state index contributed by atoms with van der Waals surface area (Å²) >= 11 is 0. The Kier molecular flexibility index (Phi) is 5.32. The number of rotatable bonds is 7. The topological polar surface area (TPSA) is 50.6 Å².